The highest BCUT2D eigenvalue weighted by atomic mass is 35.5. The Morgan fingerprint density at radius 2 is 1.98 bits per heavy atom. The first kappa shape index (κ1) is 28.1. The molecular formula is C29H25ClN4O6S. The summed E-state index contributed by atoms with van der Waals surface area (Å²) in [5.74, 6) is -0.0331. The number of nitrogens with one attached hydrogen (secondary N) is 2. The number of amides is 1. The summed E-state index contributed by atoms with van der Waals surface area (Å²) in [5, 5.41) is 16.4. The number of nitrogens with zero attached hydrogens (tertiary/aromatic N) is 2. The molecule has 0 bridgehead atoms. The standard InChI is InChI=1S/C29H25ClN4O6S/c1-38-15-25(35)32-21-14-17(7-9-23(21)39-2)34-27(26(33-29(34)41)20-5-3-4-12-31-20)24-11-10-22(40-24)18-13-16(28(36)37)6-8-19(18)30/h3-14,26-27H,15H2,1-2H3,(H,32,35)(H,33,41)(H,36,37). The summed E-state index contributed by atoms with van der Waals surface area (Å²) in [7, 11) is 2.95. The fourth-order valence-corrected chi connectivity index (χ4v) is 5.24. The number of hydrogen-bond acceptors (Lipinski definition) is 7. The van der Waals surface area contributed by atoms with Gasteiger partial charge in [-0.3, -0.25) is 9.78 Å². The number of thiocarbonyl (C=S) groups is 1. The molecule has 3 heterocycles. The van der Waals surface area contributed by atoms with Crippen molar-refractivity contribution in [1.29, 1.82) is 0 Å². The van der Waals surface area contributed by atoms with Gasteiger partial charge in [0.2, 0.25) is 5.91 Å². The average molecular weight is 593 g/mol. The lowest BCUT2D eigenvalue weighted by molar-refractivity contribution is -0.119. The van der Waals surface area contributed by atoms with Crippen LogP contribution in [0.4, 0.5) is 11.4 Å². The topological polar surface area (TPSA) is 126 Å². The lowest BCUT2D eigenvalue weighted by Crippen LogP contribution is -2.29. The summed E-state index contributed by atoms with van der Waals surface area (Å²) in [5.41, 5.74) is 2.35. The van der Waals surface area contributed by atoms with Gasteiger partial charge in [0.1, 0.15) is 29.9 Å². The number of ether oxygens (including phenoxy) is 2. The molecule has 2 unspecified atom stereocenters. The number of carbonyl (C=O) groups excluding carboxylic acids is 1. The van der Waals surface area contributed by atoms with Gasteiger partial charge >= 0.3 is 5.97 Å². The van der Waals surface area contributed by atoms with E-state index in [4.69, 9.17) is 37.7 Å². The summed E-state index contributed by atoms with van der Waals surface area (Å²) < 4.78 is 16.7. The van der Waals surface area contributed by atoms with Crippen LogP contribution in [0.3, 0.4) is 0 Å². The molecule has 1 saturated heterocycles. The summed E-state index contributed by atoms with van der Waals surface area (Å²) in [6.07, 6.45) is 1.70. The molecule has 0 radical (unpaired) electrons. The van der Waals surface area contributed by atoms with Gasteiger partial charge < -0.3 is 34.5 Å². The van der Waals surface area contributed by atoms with Crippen LogP contribution in [-0.4, -0.2) is 47.9 Å². The third-order valence-electron chi connectivity index (χ3n) is 6.51. The molecular weight excluding hydrogens is 568 g/mol. The number of anilines is 2. The molecule has 1 aliphatic rings. The van der Waals surface area contributed by atoms with Crippen LogP contribution in [0.15, 0.2) is 77.3 Å². The van der Waals surface area contributed by atoms with E-state index in [2.05, 4.69) is 15.6 Å². The first-order chi connectivity index (χ1) is 19.8. The zero-order chi connectivity index (χ0) is 29.1. The van der Waals surface area contributed by atoms with Gasteiger partial charge in [-0.15, -0.1) is 0 Å². The number of furan rings is 1. The monoisotopic (exact) mass is 592 g/mol. The molecule has 3 N–H and O–H groups in total. The molecule has 2 atom stereocenters. The van der Waals surface area contributed by atoms with Crippen molar-refractivity contribution in [3.8, 4) is 17.1 Å². The molecule has 0 saturated carbocycles. The highest BCUT2D eigenvalue weighted by Gasteiger charge is 2.43. The Morgan fingerprint density at radius 3 is 2.68 bits per heavy atom. The van der Waals surface area contributed by atoms with Crippen molar-refractivity contribution in [2.45, 2.75) is 12.1 Å². The van der Waals surface area contributed by atoms with E-state index in [0.717, 1.165) is 5.69 Å². The highest BCUT2D eigenvalue weighted by molar-refractivity contribution is 7.80. The van der Waals surface area contributed by atoms with Crippen molar-refractivity contribution in [3.63, 3.8) is 0 Å². The second kappa shape index (κ2) is 12.0. The van der Waals surface area contributed by atoms with Gasteiger partial charge in [0.15, 0.2) is 5.11 Å². The molecule has 5 rings (SSSR count). The van der Waals surface area contributed by atoms with Gasteiger partial charge in [-0.25, -0.2) is 4.79 Å². The van der Waals surface area contributed by atoms with Crippen LogP contribution in [0.2, 0.25) is 5.02 Å². The van der Waals surface area contributed by atoms with E-state index < -0.39 is 18.1 Å². The second-order valence-corrected chi connectivity index (χ2v) is 9.86. The smallest absolute Gasteiger partial charge is 0.335 e. The van der Waals surface area contributed by atoms with Gasteiger partial charge in [0, 0.05) is 24.6 Å². The number of aromatic carboxylic acids is 1. The predicted molar refractivity (Wildman–Crippen MR) is 158 cm³/mol. The van der Waals surface area contributed by atoms with Crippen LogP contribution >= 0.6 is 23.8 Å². The molecule has 0 aliphatic carbocycles. The maximum atomic E-state index is 12.3. The molecule has 1 aliphatic heterocycles. The number of aromatic nitrogens is 1. The minimum atomic E-state index is -1.07. The number of carboxylic acids is 1. The van der Waals surface area contributed by atoms with Crippen LogP contribution in [0.5, 0.6) is 5.75 Å². The molecule has 1 amide bonds. The number of benzene rings is 2. The zero-order valence-electron chi connectivity index (χ0n) is 22.0. The van der Waals surface area contributed by atoms with Gasteiger partial charge in [0.25, 0.3) is 0 Å². The minimum Gasteiger partial charge on any atom is -0.495 e. The molecule has 1 fully saturated rings. The Morgan fingerprint density at radius 1 is 1.15 bits per heavy atom. The Balaban J connectivity index is 1.60. The molecule has 2 aromatic heterocycles. The Hall–Kier alpha value is -4.45. The van der Waals surface area contributed by atoms with E-state index in [1.165, 1.54) is 32.4 Å². The van der Waals surface area contributed by atoms with Crippen LogP contribution in [-0.2, 0) is 9.53 Å². The molecule has 210 valence electrons. The van der Waals surface area contributed by atoms with Crippen molar-refractivity contribution >= 4 is 52.2 Å². The Labute approximate surface area is 245 Å². The Kier molecular flexibility index (Phi) is 8.20. The van der Waals surface area contributed by atoms with Gasteiger partial charge in [0.05, 0.1) is 35.1 Å². The molecule has 12 heteroatoms. The van der Waals surface area contributed by atoms with Crippen molar-refractivity contribution < 1.29 is 28.6 Å². The third kappa shape index (κ3) is 5.73. The first-order valence-corrected chi connectivity index (χ1v) is 13.2. The van der Waals surface area contributed by atoms with Crippen LogP contribution in [0.25, 0.3) is 11.3 Å². The lowest BCUT2D eigenvalue weighted by Gasteiger charge is -2.27. The molecule has 2 aromatic carbocycles. The number of pyridine rings is 1. The van der Waals surface area contributed by atoms with Crippen molar-refractivity contribution in [1.82, 2.24) is 10.3 Å². The third-order valence-corrected chi connectivity index (χ3v) is 7.15. The minimum absolute atomic E-state index is 0.0836. The first-order valence-electron chi connectivity index (χ1n) is 12.4. The SMILES string of the molecule is COCC(=O)Nc1cc(N2C(=S)NC(c3ccccn3)C2c2ccc(-c3cc(C(=O)O)ccc3Cl)o2)ccc1OC. The average Bonchev–Trinajstić information content (AvgIpc) is 3.58. The summed E-state index contributed by atoms with van der Waals surface area (Å²) in [6, 6.07) is 18.0. The van der Waals surface area contributed by atoms with Gasteiger partial charge in [-0.2, -0.15) is 0 Å². The Bertz CT molecular complexity index is 1610. The molecule has 10 nitrogen and oxygen atoms in total. The maximum Gasteiger partial charge on any atom is 0.335 e. The van der Waals surface area contributed by atoms with E-state index in [1.54, 1.807) is 30.5 Å². The van der Waals surface area contributed by atoms with E-state index in [9.17, 15) is 14.7 Å². The fraction of sp³-hybridized carbons (Fsp3) is 0.172. The number of carbonyl (C=O) groups is 2. The number of rotatable bonds is 9. The van der Waals surface area contributed by atoms with E-state index in [-0.39, 0.29) is 18.1 Å². The highest BCUT2D eigenvalue weighted by Crippen LogP contribution is 2.44. The molecule has 4 aromatic rings. The number of halogens is 1. The van der Waals surface area contributed by atoms with E-state index in [1.807, 2.05) is 29.2 Å². The number of hydrogen-bond donors (Lipinski definition) is 3. The zero-order valence-corrected chi connectivity index (χ0v) is 23.5. The predicted octanol–water partition coefficient (Wildman–Crippen LogP) is 5.46. The summed E-state index contributed by atoms with van der Waals surface area (Å²) in [6.45, 7) is -0.123. The van der Waals surface area contributed by atoms with E-state index >= 15 is 0 Å². The van der Waals surface area contributed by atoms with Crippen LogP contribution < -0.4 is 20.3 Å². The summed E-state index contributed by atoms with van der Waals surface area (Å²) >= 11 is 12.2. The maximum absolute atomic E-state index is 12.3. The summed E-state index contributed by atoms with van der Waals surface area (Å²) in [4.78, 5) is 30.3. The number of carboxylic acid groups (broad SMARTS) is 1. The van der Waals surface area contributed by atoms with Crippen LogP contribution in [0.1, 0.15) is 33.9 Å². The molecule has 41 heavy (non-hydrogen) atoms. The fourth-order valence-electron chi connectivity index (χ4n) is 4.69. The van der Waals surface area contributed by atoms with Crippen LogP contribution in [0, 0.1) is 0 Å². The van der Waals surface area contributed by atoms with Crippen molar-refractivity contribution in [3.05, 3.63) is 95.0 Å². The largest absolute Gasteiger partial charge is 0.495 e. The molecule has 0 spiro atoms. The van der Waals surface area contributed by atoms with Crippen molar-refractivity contribution in [2.75, 3.05) is 31.0 Å². The van der Waals surface area contributed by atoms with Gasteiger partial charge in [-0.1, -0.05) is 17.7 Å². The second-order valence-electron chi connectivity index (χ2n) is 9.06. The van der Waals surface area contributed by atoms with E-state index in [0.29, 0.717) is 44.3 Å². The number of methoxy groups -OCH3 is 2. The van der Waals surface area contributed by atoms with Crippen molar-refractivity contribution in [2.24, 2.45) is 0 Å². The van der Waals surface area contributed by atoms with Gasteiger partial charge in [-0.05, 0) is 72.9 Å². The normalized spacial score (nSPS) is 16.4. The lowest BCUT2D eigenvalue weighted by atomic mass is 10.0. The quantitative estimate of drug-likeness (QED) is 0.216.